The van der Waals surface area contributed by atoms with Crippen LogP contribution in [-0.4, -0.2) is 41.1 Å². The third-order valence-corrected chi connectivity index (χ3v) is 3.70. The van der Waals surface area contributed by atoms with Crippen molar-refractivity contribution in [2.75, 3.05) is 13.1 Å². The Morgan fingerprint density at radius 2 is 2.10 bits per heavy atom. The number of carbonyl (C=O) groups is 2. The van der Waals surface area contributed by atoms with Crippen molar-refractivity contribution < 1.29 is 19.4 Å². The van der Waals surface area contributed by atoms with Crippen LogP contribution in [0.3, 0.4) is 0 Å². The molecule has 1 aliphatic heterocycles. The second-order valence-electron chi connectivity index (χ2n) is 5.46. The van der Waals surface area contributed by atoms with Gasteiger partial charge in [0.05, 0.1) is 0 Å². The number of amides is 1. The summed E-state index contributed by atoms with van der Waals surface area (Å²) in [6.45, 7) is 2.92. The minimum absolute atomic E-state index is 0.0455. The molecule has 1 saturated heterocycles. The van der Waals surface area contributed by atoms with Gasteiger partial charge in [0.25, 0.3) is 5.91 Å². The molecule has 1 aliphatic rings. The SMILES string of the molecule is CC(Oc1ccccc1)C(=O)N1CCCC(CC(=O)O)C1. The average Bonchev–Trinajstić information content (AvgIpc) is 2.47. The normalized spacial score (nSPS) is 19.9. The summed E-state index contributed by atoms with van der Waals surface area (Å²) in [5, 5.41) is 8.87. The summed E-state index contributed by atoms with van der Waals surface area (Å²) in [4.78, 5) is 24.9. The van der Waals surface area contributed by atoms with E-state index in [1.54, 1.807) is 11.8 Å². The van der Waals surface area contributed by atoms with Crippen molar-refractivity contribution in [2.24, 2.45) is 5.92 Å². The summed E-state index contributed by atoms with van der Waals surface area (Å²) < 4.78 is 5.64. The first-order chi connectivity index (χ1) is 10.1. The molecule has 1 aromatic rings. The summed E-state index contributed by atoms with van der Waals surface area (Å²) in [5.41, 5.74) is 0. The zero-order chi connectivity index (χ0) is 15.2. The summed E-state index contributed by atoms with van der Waals surface area (Å²) in [6, 6.07) is 9.23. The fourth-order valence-corrected chi connectivity index (χ4v) is 2.69. The first kappa shape index (κ1) is 15.4. The Hall–Kier alpha value is -2.04. The highest BCUT2D eigenvalue weighted by Gasteiger charge is 2.28. The van der Waals surface area contributed by atoms with E-state index in [0.717, 1.165) is 12.8 Å². The van der Waals surface area contributed by atoms with Crippen LogP contribution in [0.25, 0.3) is 0 Å². The van der Waals surface area contributed by atoms with Gasteiger partial charge in [-0.2, -0.15) is 0 Å². The number of likely N-dealkylation sites (tertiary alicyclic amines) is 1. The van der Waals surface area contributed by atoms with E-state index in [9.17, 15) is 9.59 Å². The summed E-state index contributed by atoms with van der Waals surface area (Å²) in [5.74, 6) is -0.168. The van der Waals surface area contributed by atoms with Crippen LogP contribution in [0, 0.1) is 5.92 Å². The Kier molecular flexibility index (Phi) is 5.20. The van der Waals surface area contributed by atoms with Crippen molar-refractivity contribution in [3.8, 4) is 5.75 Å². The maximum Gasteiger partial charge on any atom is 0.303 e. The Morgan fingerprint density at radius 1 is 1.38 bits per heavy atom. The van der Waals surface area contributed by atoms with Gasteiger partial charge in [-0.3, -0.25) is 9.59 Å². The van der Waals surface area contributed by atoms with Crippen molar-refractivity contribution in [2.45, 2.75) is 32.3 Å². The lowest BCUT2D eigenvalue weighted by atomic mass is 9.94. The third kappa shape index (κ3) is 4.48. The maximum absolute atomic E-state index is 12.4. The number of nitrogens with zero attached hydrogens (tertiary/aromatic N) is 1. The largest absolute Gasteiger partial charge is 0.481 e. The zero-order valence-electron chi connectivity index (χ0n) is 12.2. The summed E-state index contributed by atoms with van der Waals surface area (Å²) >= 11 is 0. The fraction of sp³-hybridized carbons (Fsp3) is 0.500. The number of carboxylic acids is 1. The highest BCUT2D eigenvalue weighted by molar-refractivity contribution is 5.81. The molecule has 2 unspecified atom stereocenters. The number of carboxylic acid groups (broad SMARTS) is 1. The molecular formula is C16H21NO4. The third-order valence-electron chi connectivity index (χ3n) is 3.70. The van der Waals surface area contributed by atoms with E-state index in [1.807, 2.05) is 30.3 Å². The van der Waals surface area contributed by atoms with Gasteiger partial charge < -0.3 is 14.7 Å². The lowest BCUT2D eigenvalue weighted by molar-refractivity contribution is -0.143. The molecule has 114 valence electrons. The smallest absolute Gasteiger partial charge is 0.303 e. The van der Waals surface area contributed by atoms with Crippen molar-refractivity contribution >= 4 is 11.9 Å². The van der Waals surface area contributed by atoms with Gasteiger partial charge in [0, 0.05) is 19.5 Å². The molecule has 1 fully saturated rings. The van der Waals surface area contributed by atoms with E-state index < -0.39 is 12.1 Å². The molecule has 2 rings (SSSR count). The predicted molar refractivity (Wildman–Crippen MR) is 78.1 cm³/mol. The number of ether oxygens (including phenoxy) is 1. The van der Waals surface area contributed by atoms with Crippen LogP contribution >= 0.6 is 0 Å². The molecule has 1 amide bonds. The lowest BCUT2D eigenvalue weighted by Crippen LogP contribution is -2.46. The summed E-state index contributed by atoms with van der Waals surface area (Å²) in [6.07, 6.45) is 1.28. The second kappa shape index (κ2) is 7.11. The minimum atomic E-state index is -0.803. The molecule has 0 bridgehead atoms. The monoisotopic (exact) mass is 291 g/mol. The molecule has 2 atom stereocenters. The molecule has 21 heavy (non-hydrogen) atoms. The second-order valence-corrected chi connectivity index (χ2v) is 5.46. The van der Waals surface area contributed by atoms with Gasteiger partial charge in [0.2, 0.25) is 0 Å². The lowest BCUT2D eigenvalue weighted by Gasteiger charge is -2.33. The number of hydrogen-bond acceptors (Lipinski definition) is 3. The first-order valence-electron chi connectivity index (χ1n) is 7.28. The van der Waals surface area contributed by atoms with Crippen LogP contribution in [0.4, 0.5) is 0 Å². The molecule has 0 aromatic heterocycles. The number of hydrogen-bond donors (Lipinski definition) is 1. The molecule has 5 nitrogen and oxygen atoms in total. The molecule has 1 N–H and O–H groups in total. The molecule has 0 radical (unpaired) electrons. The Morgan fingerprint density at radius 3 is 2.76 bits per heavy atom. The number of carbonyl (C=O) groups excluding carboxylic acids is 1. The number of aliphatic carboxylic acids is 1. The molecule has 1 aromatic carbocycles. The van der Waals surface area contributed by atoms with Crippen LogP contribution in [-0.2, 0) is 9.59 Å². The number of rotatable bonds is 5. The topological polar surface area (TPSA) is 66.8 Å². The number of piperidine rings is 1. The molecule has 0 aliphatic carbocycles. The van der Waals surface area contributed by atoms with Crippen molar-refractivity contribution in [1.82, 2.24) is 4.90 Å². The molecular weight excluding hydrogens is 270 g/mol. The minimum Gasteiger partial charge on any atom is -0.481 e. The maximum atomic E-state index is 12.4. The van der Waals surface area contributed by atoms with E-state index in [0.29, 0.717) is 18.8 Å². The average molecular weight is 291 g/mol. The van der Waals surface area contributed by atoms with E-state index in [4.69, 9.17) is 9.84 Å². The Balaban J connectivity index is 1.91. The van der Waals surface area contributed by atoms with Crippen molar-refractivity contribution in [3.05, 3.63) is 30.3 Å². The van der Waals surface area contributed by atoms with Crippen LogP contribution < -0.4 is 4.74 Å². The van der Waals surface area contributed by atoms with E-state index in [1.165, 1.54) is 0 Å². The van der Waals surface area contributed by atoms with Gasteiger partial charge in [-0.1, -0.05) is 18.2 Å². The Bertz CT molecular complexity index is 488. The van der Waals surface area contributed by atoms with E-state index in [2.05, 4.69) is 0 Å². The van der Waals surface area contributed by atoms with E-state index >= 15 is 0 Å². The van der Waals surface area contributed by atoms with Crippen LogP contribution in [0.15, 0.2) is 30.3 Å². The fourth-order valence-electron chi connectivity index (χ4n) is 2.69. The van der Waals surface area contributed by atoms with Gasteiger partial charge in [-0.25, -0.2) is 0 Å². The van der Waals surface area contributed by atoms with Gasteiger partial charge in [0.15, 0.2) is 6.10 Å². The Labute approximate surface area is 124 Å². The van der Waals surface area contributed by atoms with Crippen LogP contribution in [0.2, 0.25) is 0 Å². The van der Waals surface area contributed by atoms with Crippen molar-refractivity contribution in [3.63, 3.8) is 0 Å². The van der Waals surface area contributed by atoms with Gasteiger partial charge in [-0.15, -0.1) is 0 Å². The molecule has 1 heterocycles. The molecule has 5 heteroatoms. The van der Waals surface area contributed by atoms with Gasteiger partial charge in [-0.05, 0) is 37.8 Å². The standard InChI is InChI=1S/C16H21NO4/c1-12(21-14-7-3-2-4-8-14)16(20)17-9-5-6-13(11-17)10-15(18)19/h2-4,7-8,12-13H,5-6,9-11H2,1H3,(H,18,19). The molecule has 0 saturated carbocycles. The van der Waals surface area contributed by atoms with Crippen molar-refractivity contribution in [1.29, 1.82) is 0 Å². The predicted octanol–water partition coefficient (Wildman–Crippen LogP) is 2.17. The summed E-state index contributed by atoms with van der Waals surface area (Å²) in [7, 11) is 0. The number of benzene rings is 1. The zero-order valence-corrected chi connectivity index (χ0v) is 12.2. The number of para-hydroxylation sites is 1. The van der Waals surface area contributed by atoms with E-state index in [-0.39, 0.29) is 18.2 Å². The van der Waals surface area contributed by atoms with Gasteiger partial charge in [0.1, 0.15) is 5.75 Å². The highest BCUT2D eigenvalue weighted by Crippen LogP contribution is 2.21. The van der Waals surface area contributed by atoms with Gasteiger partial charge >= 0.3 is 5.97 Å². The van der Waals surface area contributed by atoms with Crippen LogP contribution in [0.5, 0.6) is 5.75 Å². The van der Waals surface area contributed by atoms with Crippen LogP contribution in [0.1, 0.15) is 26.2 Å². The highest BCUT2D eigenvalue weighted by atomic mass is 16.5. The molecule has 0 spiro atoms. The quantitative estimate of drug-likeness (QED) is 0.903. The first-order valence-corrected chi connectivity index (χ1v) is 7.28.